The first-order chi connectivity index (χ1) is 10.5. The molecule has 0 fully saturated rings. The molecule has 8 heteroatoms. The maximum atomic E-state index is 12.1. The van der Waals surface area contributed by atoms with E-state index in [1.54, 1.807) is 11.4 Å². The SMILES string of the molecule is CC1CCc2sc(C(=O)NNS(=O)(=O)c3cccs3)cc2C1. The molecule has 1 unspecified atom stereocenters. The largest absolute Gasteiger partial charge is 0.276 e. The van der Waals surface area contributed by atoms with Crippen LogP contribution in [0.25, 0.3) is 0 Å². The van der Waals surface area contributed by atoms with Crippen molar-refractivity contribution in [3.8, 4) is 0 Å². The van der Waals surface area contributed by atoms with Crippen molar-refractivity contribution in [1.29, 1.82) is 0 Å². The molecule has 2 heterocycles. The quantitative estimate of drug-likeness (QED) is 0.827. The molecule has 118 valence electrons. The second-order valence-electron chi connectivity index (χ2n) is 5.40. The van der Waals surface area contributed by atoms with Crippen molar-refractivity contribution in [3.63, 3.8) is 0 Å². The molecule has 0 saturated carbocycles. The summed E-state index contributed by atoms with van der Waals surface area (Å²) in [6.45, 7) is 2.20. The Bertz CT molecular complexity index is 778. The van der Waals surface area contributed by atoms with Crippen molar-refractivity contribution in [2.45, 2.75) is 30.4 Å². The van der Waals surface area contributed by atoms with Gasteiger partial charge in [-0.1, -0.05) is 13.0 Å². The summed E-state index contributed by atoms with van der Waals surface area (Å²) >= 11 is 2.55. The van der Waals surface area contributed by atoms with Crippen molar-refractivity contribution in [3.05, 3.63) is 38.9 Å². The number of carbonyl (C=O) groups excluding carboxylic acids is 1. The van der Waals surface area contributed by atoms with Gasteiger partial charge in [-0.05, 0) is 48.3 Å². The Morgan fingerprint density at radius 2 is 2.23 bits per heavy atom. The van der Waals surface area contributed by atoms with Gasteiger partial charge < -0.3 is 0 Å². The van der Waals surface area contributed by atoms with Crippen LogP contribution in [0.4, 0.5) is 0 Å². The number of amides is 1. The number of hydrazine groups is 1. The molecule has 2 aromatic rings. The standard InChI is InChI=1S/C14H16N2O3S3/c1-9-4-5-11-10(7-9)8-12(21-11)14(17)15-16-22(18,19)13-3-2-6-20-13/h2-3,6,8-9,16H,4-5,7H2,1H3,(H,15,17). The number of sulfonamides is 1. The number of hydrogen-bond acceptors (Lipinski definition) is 5. The van der Waals surface area contributed by atoms with Gasteiger partial charge in [-0.2, -0.15) is 0 Å². The second-order valence-corrected chi connectivity index (χ2v) is 9.39. The van der Waals surface area contributed by atoms with E-state index in [0.717, 1.165) is 30.6 Å². The predicted molar refractivity (Wildman–Crippen MR) is 87.6 cm³/mol. The van der Waals surface area contributed by atoms with E-state index in [9.17, 15) is 13.2 Å². The van der Waals surface area contributed by atoms with Crippen LogP contribution >= 0.6 is 22.7 Å². The highest BCUT2D eigenvalue weighted by atomic mass is 32.2. The first kappa shape index (κ1) is 15.7. The monoisotopic (exact) mass is 356 g/mol. The van der Waals surface area contributed by atoms with Crippen LogP contribution in [0, 0.1) is 5.92 Å². The van der Waals surface area contributed by atoms with E-state index >= 15 is 0 Å². The van der Waals surface area contributed by atoms with E-state index < -0.39 is 15.9 Å². The minimum atomic E-state index is -3.69. The number of carbonyl (C=O) groups is 1. The van der Waals surface area contributed by atoms with Crippen LogP contribution in [0.15, 0.2) is 27.8 Å². The number of fused-ring (bicyclic) bond motifs is 1. The Balaban J connectivity index is 1.68. The Morgan fingerprint density at radius 1 is 1.41 bits per heavy atom. The van der Waals surface area contributed by atoms with E-state index in [4.69, 9.17) is 0 Å². The third-order valence-electron chi connectivity index (χ3n) is 3.61. The van der Waals surface area contributed by atoms with Crippen LogP contribution in [0.3, 0.4) is 0 Å². The van der Waals surface area contributed by atoms with E-state index in [-0.39, 0.29) is 4.21 Å². The third kappa shape index (κ3) is 3.24. The predicted octanol–water partition coefficient (Wildman–Crippen LogP) is 2.56. The van der Waals surface area contributed by atoms with E-state index in [1.165, 1.54) is 27.8 Å². The summed E-state index contributed by atoms with van der Waals surface area (Å²) in [5.74, 6) is 0.225. The fourth-order valence-electron chi connectivity index (χ4n) is 2.46. The zero-order valence-electron chi connectivity index (χ0n) is 12.0. The maximum Gasteiger partial charge on any atom is 0.276 e. The van der Waals surface area contributed by atoms with Gasteiger partial charge in [-0.15, -0.1) is 27.5 Å². The lowest BCUT2D eigenvalue weighted by molar-refractivity contribution is 0.0949. The highest BCUT2D eigenvalue weighted by Crippen LogP contribution is 2.32. The lowest BCUT2D eigenvalue weighted by Crippen LogP contribution is -2.40. The Labute approximate surface area is 137 Å². The molecule has 0 saturated heterocycles. The summed E-state index contributed by atoms with van der Waals surface area (Å²) in [5.41, 5.74) is 3.51. The number of hydrogen-bond donors (Lipinski definition) is 2. The van der Waals surface area contributed by atoms with Crippen molar-refractivity contribution in [2.75, 3.05) is 0 Å². The summed E-state index contributed by atoms with van der Waals surface area (Å²) in [7, 11) is -3.69. The van der Waals surface area contributed by atoms with Crippen LogP contribution in [0.2, 0.25) is 0 Å². The summed E-state index contributed by atoms with van der Waals surface area (Å²) in [6, 6.07) is 5.02. The van der Waals surface area contributed by atoms with Crippen LogP contribution in [-0.4, -0.2) is 14.3 Å². The molecule has 0 spiro atoms. The highest BCUT2D eigenvalue weighted by Gasteiger charge is 2.22. The van der Waals surface area contributed by atoms with Crippen molar-refractivity contribution in [2.24, 2.45) is 5.92 Å². The molecule has 0 bridgehead atoms. The molecule has 0 aromatic carbocycles. The van der Waals surface area contributed by atoms with Gasteiger partial charge in [-0.25, -0.2) is 8.42 Å². The number of aryl methyl sites for hydroxylation is 1. The minimum Gasteiger partial charge on any atom is -0.273 e. The number of rotatable bonds is 4. The molecule has 3 rings (SSSR count). The molecule has 0 aliphatic heterocycles. The molecule has 2 N–H and O–H groups in total. The normalized spacial score (nSPS) is 18.0. The van der Waals surface area contributed by atoms with Gasteiger partial charge in [0.25, 0.3) is 15.9 Å². The summed E-state index contributed by atoms with van der Waals surface area (Å²) in [4.78, 5) is 16.1. The van der Waals surface area contributed by atoms with Crippen LogP contribution in [-0.2, 0) is 22.9 Å². The van der Waals surface area contributed by atoms with Gasteiger partial charge in [0, 0.05) is 4.88 Å². The summed E-state index contributed by atoms with van der Waals surface area (Å²) in [6.07, 6.45) is 3.12. The number of thiophene rings is 2. The van der Waals surface area contributed by atoms with Crippen LogP contribution < -0.4 is 10.3 Å². The van der Waals surface area contributed by atoms with Gasteiger partial charge in [0.1, 0.15) is 4.21 Å². The molecule has 2 aromatic heterocycles. The van der Waals surface area contributed by atoms with Crippen molar-refractivity contribution < 1.29 is 13.2 Å². The zero-order chi connectivity index (χ0) is 15.7. The molecular formula is C14H16N2O3S3. The summed E-state index contributed by atoms with van der Waals surface area (Å²) in [5, 5.41) is 1.67. The molecule has 5 nitrogen and oxygen atoms in total. The van der Waals surface area contributed by atoms with Gasteiger partial charge >= 0.3 is 0 Å². The second kappa shape index (κ2) is 6.11. The molecule has 0 radical (unpaired) electrons. The molecule has 1 amide bonds. The molecule has 1 atom stereocenters. The van der Waals surface area contributed by atoms with Gasteiger partial charge in [0.2, 0.25) is 0 Å². The van der Waals surface area contributed by atoms with E-state index in [2.05, 4.69) is 17.2 Å². The summed E-state index contributed by atoms with van der Waals surface area (Å²) < 4.78 is 24.1. The lowest BCUT2D eigenvalue weighted by atomic mass is 9.90. The zero-order valence-corrected chi connectivity index (χ0v) is 14.4. The van der Waals surface area contributed by atoms with Crippen LogP contribution in [0.5, 0.6) is 0 Å². The van der Waals surface area contributed by atoms with Crippen molar-refractivity contribution >= 4 is 38.6 Å². The first-order valence-corrected chi connectivity index (χ1v) is 10.1. The van der Waals surface area contributed by atoms with Crippen LogP contribution in [0.1, 0.15) is 33.5 Å². The fraction of sp³-hybridized carbons (Fsp3) is 0.357. The minimum absolute atomic E-state index is 0.173. The lowest BCUT2D eigenvalue weighted by Gasteiger charge is -2.16. The number of nitrogens with one attached hydrogen (secondary N) is 2. The van der Waals surface area contributed by atoms with Gasteiger partial charge in [0.15, 0.2) is 0 Å². The fourth-order valence-corrected chi connectivity index (χ4v) is 5.40. The average Bonchev–Trinajstić information content (AvgIpc) is 3.13. The maximum absolute atomic E-state index is 12.1. The smallest absolute Gasteiger partial charge is 0.273 e. The average molecular weight is 356 g/mol. The Morgan fingerprint density at radius 3 is 2.95 bits per heavy atom. The molecule has 22 heavy (non-hydrogen) atoms. The van der Waals surface area contributed by atoms with Gasteiger partial charge in [0.05, 0.1) is 4.88 Å². The molecule has 1 aliphatic carbocycles. The van der Waals surface area contributed by atoms with E-state index in [0.29, 0.717) is 10.8 Å². The Hall–Kier alpha value is -1.22. The molecule has 1 aliphatic rings. The highest BCUT2D eigenvalue weighted by molar-refractivity contribution is 7.91. The van der Waals surface area contributed by atoms with Gasteiger partial charge in [-0.3, -0.25) is 10.2 Å². The van der Waals surface area contributed by atoms with Crippen molar-refractivity contribution in [1.82, 2.24) is 10.3 Å². The van der Waals surface area contributed by atoms with E-state index in [1.807, 2.05) is 6.07 Å². The third-order valence-corrected chi connectivity index (χ3v) is 7.49. The first-order valence-electron chi connectivity index (χ1n) is 6.93. The molecular weight excluding hydrogens is 340 g/mol. The topological polar surface area (TPSA) is 75.3 Å². The Kier molecular flexibility index (Phi) is 4.35.